The van der Waals surface area contributed by atoms with Crippen LogP contribution in [-0.4, -0.2) is 36.1 Å². The van der Waals surface area contributed by atoms with Crippen LogP contribution >= 0.6 is 0 Å². The normalized spacial score (nSPS) is 13.0. The molecule has 2 aromatic carbocycles. The average molecular weight is 367 g/mol. The van der Waals surface area contributed by atoms with Crippen molar-refractivity contribution in [1.82, 2.24) is 5.32 Å². The Kier molecular flexibility index (Phi) is 6.88. The number of benzene rings is 2. The number of hydrogen-bond acceptors (Lipinski definition) is 5. The molecule has 0 aliphatic rings. The lowest BCUT2D eigenvalue weighted by Crippen LogP contribution is -2.36. The summed E-state index contributed by atoms with van der Waals surface area (Å²) in [6.45, 7) is -0.383. The van der Waals surface area contributed by atoms with Crippen molar-refractivity contribution in [2.45, 2.75) is 18.8 Å². The lowest BCUT2D eigenvalue weighted by atomic mass is 10.0. The van der Waals surface area contributed by atoms with Crippen molar-refractivity contribution in [2.75, 3.05) is 13.7 Å². The van der Waals surface area contributed by atoms with Crippen LogP contribution in [-0.2, 0) is 11.3 Å². The fourth-order valence-electron chi connectivity index (χ4n) is 2.21. The Morgan fingerprint density at radius 3 is 2.46 bits per heavy atom. The zero-order valence-electron chi connectivity index (χ0n) is 14.0. The third-order valence-corrected chi connectivity index (χ3v) is 3.65. The van der Waals surface area contributed by atoms with Crippen molar-refractivity contribution in [2.24, 2.45) is 0 Å². The van der Waals surface area contributed by atoms with Crippen LogP contribution in [0.2, 0.25) is 0 Å². The minimum atomic E-state index is -1.75. The summed E-state index contributed by atoms with van der Waals surface area (Å²) in [6, 6.07) is 11.2. The number of aliphatic hydroxyl groups excluding tert-OH is 2. The summed E-state index contributed by atoms with van der Waals surface area (Å²) < 4.78 is 37.2. The number of methoxy groups -OCH3 is 1. The molecule has 0 aromatic heterocycles. The summed E-state index contributed by atoms with van der Waals surface area (Å²) in [6.07, 6.45) is -4.13. The highest BCUT2D eigenvalue weighted by atomic mass is 19.2. The van der Waals surface area contributed by atoms with Gasteiger partial charge in [0.25, 0.3) is 0 Å². The second-order valence-electron chi connectivity index (χ2n) is 5.44. The van der Waals surface area contributed by atoms with Crippen molar-refractivity contribution < 1.29 is 33.3 Å². The fraction of sp³-hybridized carbons (Fsp3) is 0.278. The molecule has 0 saturated heterocycles. The van der Waals surface area contributed by atoms with Crippen LogP contribution in [0.15, 0.2) is 42.5 Å². The summed E-state index contributed by atoms with van der Waals surface area (Å²) in [5.74, 6) is -2.93. The summed E-state index contributed by atoms with van der Waals surface area (Å²) in [4.78, 5) is 11.6. The van der Waals surface area contributed by atoms with Crippen LogP contribution in [0, 0.1) is 11.6 Å². The number of carbonyl (C=O) groups excluding carboxylic acids is 1. The van der Waals surface area contributed by atoms with E-state index >= 15 is 0 Å². The first-order chi connectivity index (χ1) is 12.4. The molecule has 0 radical (unpaired) electrons. The molecule has 0 fully saturated rings. The van der Waals surface area contributed by atoms with E-state index in [9.17, 15) is 23.8 Å². The number of rotatable bonds is 7. The standard InChI is InChI=1S/C18H19F2NO5/c1-25-14-8-7-12(15(19)16(14)20)17(23)13(22)9-21-18(24)26-10-11-5-3-2-4-6-11/h2-8,13,17,22-23H,9-10H2,1H3,(H,21,24). The summed E-state index contributed by atoms with van der Waals surface area (Å²) >= 11 is 0. The number of nitrogens with one attached hydrogen (secondary N) is 1. The maximum Gasteiger partial charge on any atom is 0.407 e. The van der Waals surface area contributed by atoms with Crippen LogP contribution < -0.4 is 10.1 Å². The molecule has 0 spiro atoms. The monoisotopic (exact) mass is 367 g/mol. The van der Waals surface area contributed by atoms with Crippen LogP contribution in [0.1, 0.15) is 17.2 Å². The number of halogens is 2. The van der Waals surface area contributed by atoms with Gasteiger partial charge < -0.3 is 25.0 Å². The van der Waals surface area contributed by atoms with Gasteiger partial charge in [0.05, 0.1) is 7.11 Å². The minimum absolute atomic E-state index is 0.0314. The molecule has 2 aromatic rings. The number of alkyl carbamates (subject to hydrolysis) is 1. The maximum absolute atomic E-state index is 13.9. The van der Waals surface area contributed by atoms with Gasteiger partial charge in [-0.1, -0.05) is 30.3 Å². The molecular formula is C18H19F2NO5. The molecule has 0 aliphatic heterocycles. The van der Waals surface area contributed by atoms with E-state index in [0.29, 0.717) is 0 Å². The summed E-state index contributed by atoms with van der Waals surface area (Å²) in [7, 11) is 1.17. The number of hydrogen-bond donors (Lipinski definition) is 3. The second-order valence-corrected chi connectivity index (χ2v) is 5.44. The van der Waals surface area contributed by atoms with E-state index in [0.717, 1.165) is 17.7 Å². The van der Waals surface area contributed by atoms with Gasteiger partial charge in [-0.2, -0.15) is 4.39 Å². The van der Waals surface area contributed by atoms with Crippen molar-refractivity contribution in [1.29, 1.82) is 0 Å². The highest BCUT2D eigenvalue weighted by Gasteiger charge is 2.25. The van der Waals surface area contributed by atoms with Gasteiger partial charge in [0.2, 0.25) is 5.82 Å². The van der Waals surface area contributed by atoms with Gasteiger partial charge in [-0.3, -0.25) is 0 Å². The van der Waals surface area contributed by atoms with Gasteiger partial charge in [-0.25, -0.2) is 9.18 Å². The van der Waals surface area contributed by atoms with Gasteiger partial charge in [0.15, 0.2) is 11.6 Å². The Hall–Kier alpha value is -2.71. The van der Waals surface area contributed by atoms with Crippen molar-refractivity contribution in [3.63, 3.8) is 0 Å². The molecule has 2 unspecified atom stereocenters. The molecular weight excluding hydrogens is 348 g/mol. The molecule has 0 heterocycles. The molecule has 2 atom stereocenters. The predicted molar refractivity (Wildman–Crippen MR) is 88.5 cm³/mol. The van der Waals surface area contributed by atoms with E-state index < -0.39 is 42.0 Å². The number of aliphatic hydroxyl groups is 2. The van der Waals surface area contributed by atoms with Crippen LogP contribution in [0.4, 0.5) is 13.6 Å². The third-order valence-electron chi connectivity index (χ3n) is 3.65. The molecule has 0 aliphatic carbocycles. The smallest absolute Gasteiger partial charge is 0.407 e. The van der Waals surface area contributed by atoms with E-state index in [1.807, 2.05) is 6.07 Å². The van der Waals surface area contributed by atoms with Gasteiger partial charge >= 0.3 is 6.09 Å². The molecule has 140 valence electrons. The lowest BCUT2D eigenvalue weighted by Gasteiger charge is -2.19. The highest BCUT2D eigenvalue weighted by molar-refractivity contribution is 5.67. The Bertz CT molecular complexity index is 742. The van der Waals surface area contributed by atoms with Crippen molar-refractivity contribution >= 4 is 6.09 Å². The Morgan fingerprint density at radius 2 is 1.81 bits per heavy atom. The minimum Gasteiger partial charge on any atom is -0.494 e. The van der Waals surface area contributed by atoms with E-state index in [2.05, 4.69) is 10.1 Å². The summed E-state index contributed by atoms with van der Waals surface area (Å²) in [5.41, 5.74) is 0.328. The van der Waals surface area contributed by atoms with Crippen LogP contribution in [0.3, 0.4) is 0 Å². The fourth-order valence-corrected chi connectivity index (χ4v) is 2.21. The number of carbonyl (C=O) groups is 1. The number of amides is 1. The first-order valence-electron chi connectivity index (χ1n) is 7.76. The summed E-state index contributed by atoms with van der Waals surface area (Å²) in [5, 5.41) is 22.1. The third kappa shape index (κ3) is 4.90. The zero-order chi connectivity index (χ0) is 19.1. The SMILES string of the molecule is COc1ccc(C(O)C(O)CNC(=O)OCc2ccccc2)c(F)c1F. The van der Waals surface area contributed by atoms with Gasteiger partial charge in [0, 0.05) is 12.1 Å². The molecule has 0 saturated carbocycles. The average Bonchev–Trinajstić information content (AvgIpc) is 2.66. The first kappa shape index (κ1) is 19.6. The van der Waals surface area contributed by atoms with Crippen LogP contribution in [0.5, 0.6) is 5.75 Å². The highest BCUT2D eigenvalue weighted by Crippen LogP contribution is 2.27. The first-order valence-corrected chi connectivity index (χ1v) is 7.76. The Morgan fingerprint density at radius 1 is 1.12 bits per heavy atom. The maximum atomic E-state index is 13.9. The predicted octanol–water partition coefficient (Wildman–Crippen LogP) is 2.29. The number of ether oxygens (including phenoxy) is 2. The van der Waals surface area contributed by atoms with E-state index in [4.69, 9.17) is 4.74 Å². The van der Waals surface area contributed by atoms with Gasteiger partial charge in [0.1, 0.15) is 18.8 Å². The largest absolute Gasteiger partial charge is 0.494 e. The molecule has 26 heavy (non-hydrogen) atoms. The molecule has 6 nitrogen and oxygen atoms in total. The van der Waals surface area contributed by atoms with E-state index in [-0.39, 0.29) is 12.4 Å². The Labute approximate surface area is 149 Å². The van der Waals surface area contributed by atoms with E-state index in [1.54, 1.807) is 24.3 Å². The van der Waals surface area contributed by atoms with E-state index in [1.165, 1.54) is 7.11 Å². The molecule has 3 N–H and O–H groups in total. The molecule has 2 rings (SSSR count). The molecule has 8 heteroatoms. The topological polar surface area (TPSA) is 88.0 Å². The second kappa shape index (κ2) is 9.12. The van der Waals surface area contributed by atoms with Gasteiger partial charge in [-0.05, 0) is 17.7 Å². The zero-order valence-corrected chi connectivity index (χ0v) is 14.0. The molecule has 1 amide bonds. The lowest BCUT2D eigenvalue weighted by molar-refractivity contribution is 0.0160. The van der Waals surface area contributed by atoms with Crippen molar-refractivity contribution in [3.05, 3.63) is 65.2 Å². The molecule has 0 bridgehead atoms. The van der Waals surface area contributed by atoms with Crippen LogP contribution in [0.25, 0.3) is 0 Å². The quantitative estimate of drug-likeness (QED) is 0.699. The Balaban J connectivity index is 1.88. The van der Waals surface area contributed by atoms with Gasteiger partial charge in [-0.15, -0.1) is 0 Å². The van der Waals surface area contributed by atoms with Crippen molar-refractivity contribution in [3.8, 4) is 5.75 Å².